The second-order valence-corrected chi connectivity index (χ2v) is 2.86. The first kappa shape index (κ1) is 9.02. The third-order valence-electron chi connectivity index (χ3n) is 1.90. The van der Waals surface area contributed by atoms with Gasteiger partial charge in [0.2, 0.25) is 0 Å². The van der Waals surface area contributed by atoms with E-state index in [1.807, 2.05) is 6.07 Å². The van der Waals surface area contributed by atoms with E-state index in [0.29, 0.717) is 22.3 Å². The van der Waals surface area contributed by atoms with Crippen LogP contribution in [0.5, 0.6) is 0 Å². The van der Waals surface area contributed by atoms with E-state index in [1.165, 1.54) is 12.4 Å². The number of nitrogens with one attached hydrogen (secondary N) is 2. The minimum Gasteiger partial charge on any atom is -0.465 e. The van der Waals surface area contributed by atoms with Gasteiger partial charge in [0, 0.05) is 5.69 Å². The Hall–Kier alpha value is -2.55. The summed E-state index contributed by atoms with van der Waals surface area (Å²) < 4.78 is 0. The number of carbonyl (C=O) groups is 1. The van der Waals surface area contributed by atoms with Crippen molar-refractivity contribution in [1.29, 1.82) is 5.26 Å². The van der Waals surface area contributed by atoms with Gasteiger partial charge in [0.1, 0.15) is 11.6 Å². The molecular formula is C9H6N4O2. The largest absolute Gasteiger partial charge is 0.465 e. The molecule has 1 aromatic carbocycles. The Bertz CT molecular complexity index is 567. The highest BCUT2D eigenvalue weighted by atomic mass is 16.4. The van der Waals surface area contributed by atoms with E-state index in [0.717, 1.165) is 0 Å². The molecule has 0 radical (unpaired) electrons. The molecule has 0 saturated heterocycles. The standard InChI is InChI=1S/C9H6N4O2/c10-3-5-1-6(13-9(14)15)2-7-8(5)12-4-11-7/h1-2,4,13H,(H,11,12)(H,14,15). The smallest absolute Gasteiger partial charge is 0.409 e. The fourth-order valence-electron chi connectivity index (χ4n) is 1.33. The van der Waals surface area contributed by atoms with Crippen LogP contribution in [0, 0.1) is 11.3 Å². The summed E-state index contributed by atoms with van der Waals surface area (Å²) in [5, 5.41) is 19.5. The lowest BCUT2D eigenvalue weighted by atomic mass is 10.2. The molecule has 0 saturated carbocycles. The normalized spacial score (nSPS) is 9.80. The molecule has 0 aliphatic carbocycles. The zero-order valence-corrected chi connectivity index (χ0v) is 7.48. The van der Waals surface area contributed by atoms with Gasteiger partial charge in [-0.3, -0.25) is 5.32 Å². The third-order valence-corrected chi connectivity index (χ3v) is 1.90. The molecule has 0 aliphatic rings. The van der Waals surface area contributed by atoms with Crippen LogP contribution in [0.15, 0.2) is 18.5 Å². The average Bonchev–Trinajstić information content (AvgIpc) is 2.63. The van der Waals surface area contributed by atoms with Crippen molar-refractivity contribution in [3.05, 3.63) is 24.0 Å². The lowest BCUT2D eigenvalue weighted by Gasteiger charge is -2.01. The first-order valence-electron chi connectivity index (χ1n) is 4.08. The highest BCUT2D eigenvalue weighted by molar-refractivity contribution is 5.90. The molecule has 0 bridgehead atoms. The predicted octanol–water partition coefficient (Wildman–Crippen LogP) is 1.52. The highest BCUT2D eigenvalue weighted by Crippen LogP contribution is 2.20. The summed E-state index contributed by atoms with van der Waals surface area (Å²) in [5.41, 5.74) is 1.83. The van der Waals surface area contributed by atoms with E-state index in [1.54, 1.807) is 6.07 Å². The second kappa shape index (κ2) is 3.31. The van der Waals surface area contributed by atoms with Gasteiger partial charge in [-0.1, -0.05) is 0 Å². The molecule has 1 heterocycles. The van der Waals surface area contributed by atoms with Gasteiger partial charge in [-0.25, -0.2) is 9.78 Å². The van der Waals surface area contributed by atoms with Crippen LogP contribution in [0.1, 0.15) is 5.56 Å². The Kier molecular flexibility index (Phi) is 1.99. The van der Waals surface area contributed by atoms with Crippen molar-refractivity contribution in [3.8, 4) is 6.07 Å². The summed E-state index contributed by atoms with van der Waals surface area (Å²) in [6.07, 6.45) is 0.286. The second-order valence-electron chi connectivity index (χ2n) is 2.86. The molecule has 0 aliphatic heterocycles. The number of aromatic nitrogens is 2. The van der Waals surface area contributed by atoms with Crippen LogP contribution >= 0.6 is 0 Å². The van der Waals surface area contributed by atoms with Crippen LogP contribution < -0.4 is 5.32 Å². The van der Waals surface area contributed by atoms with Gasteiger partial charge in [0.05, 0.1) is 17.4 Å². The van der Waals surface area contributed by atoms with Gasteiger partial charge in [0.25, 0.3) is 0 Å². The maximum Gasteiger partial charge on any atom is 0.409 e. The SMILES string of the molecule is N#Cc1cc(NC(=O)O)cc2[nH]cnc12. The number of nitrogens with zero attached hydrogens (tertiary/aromatic N) is 2. The maximum absolute atomic E-state index is 10.4. The van der Waals surface area contributed by atoms with Gasteiger partial charge >= 0.3 is 6.09 Å². The van der Waals surface area contributed by atoms with Crippen molar-refractivity contribution in [2.75, 3.05) is 5.32 Å². The minimum absolute atomic E-state index is 0.331. The monoisotopic (exact) mass is 202 g/mol. The number of rotatable bonds is 1. The van der Waals surface area contributed by atoms with Gasteiger partial charge in [-0.05, 0) is 12.1 Å². The van der Waals surface area contributed by atoms with E-state index in [9.17, 15) is 4.79 Å². The first-order chi connectivity index (χ1) is 7.20. The van der Waals surface area contributed by atoms with Crippen molar-refractivity contribution in [1.82, 2.24) is 9.97 Å². The van der Waals surface area contributed by atoms with Crippen molar-refractivity contribution >= 4 is 22.8 Å². The summed E-state index contributed by atoms with van der Waals surface area (Å²) in [6.45, 7) is 0. The van der Waals surface area contributed by atoms with Gasteiger partial charge in [-0.2, -0.15) is 5.26 Å². The van der Waals surface area contributed by atoms with Crippen LogP contribution in [0.2, 0.25) is 0 Å². The van der Waals surface area contributed by atoms with Gasteiger partial charge in [0.15, 0.2) is 0 Å². The fraction of sp³-hybridized carbons (Fsp3) is 0. The predicted molar refractivity (Wildman–Crippen MR) is 52.5 cm³/mol. The van der Waals surface area contributed by atoms with Crippen molar-refractivity contribution in [2.45, 2.75) is 0 Å². The van der Waals surface area contributed by atoms with Crippen molar-refractivity contribution in [2.24, 2.45) is 0 Å². The van der Waals surface area contributed by atoms with Crippen molar-refractivity contribution in [3.63, 3.8) is 0 Å². The van der Waals surface area contributed by atoms with Crippen LogP contribution in [-0.4, -0.2) is 21.2 Å². The van der Waals surface area contributed by atoms with Crippen LogP contribution in [-0.2, 0) is 0 Å². The molecular weight excluding hydrogens is 196 g/mol. The molecule has 1 amide bonds. The minimum atomic E-state index is -1.17. The molecule has 0 atom stereocenters. The molecule has 0 fully saturated rings. The number of fused-ring (bicyclic) bond motifs is 1. The first-order valence-corrected chi connectivity index (χ1v) is 4.08. The third kappa shape index (κ3) is 1.58. The van der Waals surface area contributed by atoms with E-state index >= 15 is 0 Å². The Balaban J connectivity index is 2.60. The zero-order chi connectivity index (χ0) is 10.8. The van der Waals surface area contributed by atoms with E-state index in [4.69, 9.17) is 10.4 Å². The number of benzene rings is 1. The molecule has 2 aromatic rings. The topological polar surface area (TPSA) is 102 Å². The van der Waals surface area contributed by atoms with Crippen LogP contribution in [0.3, 0.4) is 0 Å². The number of anilines is 1. The van der Waals surface area contributed by atoms with E-state index in [-0.39, 0.29) is 0 Å². The lowest BCUT2D eigenvalue weighted by molar-refractivity contribution is 0.210. The number of nitriles is 1. The molecule has 1 aromatic heterocycles. The van der Waals surface area contributed by atoms with Crippen LogP contribution in [0.25, 0.3) is 11.0 Å². The zero-order valence-electron chi connectivity index (χ0n) is 7.48. The molecule has 74 valence electrons. The lowest BCUT2D eigenvalue weighted by Crippen LogP contribution is -2.07. The summed E-state index contributed by atoms with van der Waals surface area (Å²) in [4.78, 5) is 17.2. The highest BCUT2D eigenvalue weighted by Gasteiger charge is 2.07. The number of amides is 1. The number of hydrogen-bond donors (Lipinski definition) is 3. The summed E-state index contributed by atoms with van der Waals surface area (Å²) in [6, 6.07) is 4.98. The number of H-pyrrole nitrogens is 1. The van der Waals surface area contributed by atoms with Gasteiger partial charge in [-0.15, -0.1) is 0 Å². The maximum atomic E-state index is 10.4. The quantitative estimate of drug-likeness (QED) is 0.652. The van der Waals surface area contributed by atoms with Crippen LogP contribution in [0.4, 0.5) is 10.5 Å². The van der Waals surface area contributed by atoms with E-state index < -0.39 is 6.09 Å². The Morgan fingerprint density at radius 1 is 1.60 bits per heavy atom. The molecule has 6 heteroatoms. The Morgan fingerprint density at radius 3 is 3.07 bits per heavy atom. The molecule has 6 nitrogen and oxygen atoms in total. The average molecular weight is 202 g/mol. The van der Waals surface area contributed by atoms with Crippen molar-refractivity contribution < 1.29 is 9.90 Å². The number of aromatic amines is 1. The summed E-state index contributed by atoms with van der Waals surface area (Å²) in [5.74, 6) is 0. The molecule has 15 heavy (non-hydrogen) atoms. The Labute approximate surface area is 84.2 Å². The summed E-state index contributed by atoms with van der Waals surface area (Å²) >= 11 is 0. The number of carboxylic acid groups (broad SMARTS) is 1. The fourth-order valence-corrected chi connectivity index (χ4v) is 1.33. The molecule has 2 rings (SSSR count). The molecule has 0 spiro atoms. The number of imidazole rings is 1. The molecule has 3 N–H and O–H groups in total. The van der Waals surface area contributed by atoms with Gasteiger partial charge < -0.3 is 10.1 Å². The summed E-state index contributed by atoms with van der Waals surface area (Å²) in [7, 11) is 0. The molecule has 0 unspecified atom stereocenters. The number of hydrogen-bond acceptors (Lipinski definition) is 3. The van der Waals surface area contributed by atoms with E-state index in [2.05, 4.69) is 15.3 Å². The Morgan fingerprint density at radius 2 is 2.40 bits per heavy atom.